The highest BCUT2D eigenvalue weighted by atomic mass is 32.2. The molecule has 0 bridgehead atoms. The Hall–Kier alpha value is -2.15. The van der Waals surface area contributed by atoms with E-state index < -0.39 is 21.2 Å². The normalized spacial score (nSPS) is 11.8. The van der Waals surface area contributed by atoms with Crippen molar-refractivity contribution < 1.29 is 13.2 Å². The van der Waals surface area contributed by atoms with Crippen LogP contribution in [0, 0.1) is 0 Å². The molecule has 3 N–H and O–H groups in total. The van der Waals surface area contributed by atoms with Crippen molar-refractivity contribution in [1.82, 2.24) is 9.71 Å². The first-order valence-corrected chi connectivity index (χ1v) is 7.57. The second-order valence-electron chi connectivity index (χ2n) is 4.64. The molecular formula is C13H15N3O3S. The van der Waals surface area contributed by atoms with Crippen molar-refractivity contribution in [3.05, 3.63) is 36.0 Å². The first kappa shape index (κ1) is 14.3. The number of fused-ring (bicyclic) bond motifs is 1. The summed E-state index contributed by atoms with van der Waals surface area (Å²) in [5.74, 6) is -0.781. The number of pyridine rings is 1. The number of amides is 1. The van der Waals surface area contributed by atoms with Crippen molar-refractivity contribution in [2.75, 3.05) is 5.73 Å². The van der Waals surface area contributed by atoms with Gasteiger partial charge in [0.1, 0.15) is 5.69 Å². The molecule has 0 aliphatic carbocycles. The van der Waals surface area contributed by atoms with Crippen LogP contribution in [-0.4, -0.2) is 24.6 Å². The lowest BCUT2D eigenvalue weighted by Gasteiger charge is -2.10. The van der Waals surface area contributed by atoms with Gasteiger partial charge in [0, 0.05) is 11.1 Å². The largest absolute Gasteiger partial charge is 0.398 e. The van der Waals surface area contributed by atoms with Gasteiger partial charge in [-0.25, -0.2) is 18.1 Å². The fourth-order valence-corrected chi connectivity index (χ4v) is 2.22. The molecule has 0 aliphatic heterocycles. The van der Waals surface area contributed by atoms with Gasteiger partial charge in [0.15, 0.2) is 0 Å². The van der Waals surface area contributed by atoms with Crippen molar-refractivity contribution in [2.45, 2.75) is 19.1 Å². The Morgan fingerprint density at radius 3 is 2.60 bits per heavy atom. The number of carbonyl (C=O) groups is 1. The van der Waals surface area contributed by atoms with Gasteiger partial charge in [-0.2, -0.15) is 0 Å². The first-order valence-electron chi connectivity index (χ1n) is 6.02. The number of nitrogens with zero attached hydrogens (tertiary/aromatic N) is 1. The van der Waals surface area contributed by atoms with Crippen molar-refractivity contribution in [3.8, 4) is 0 Å². The molecule has 0 unspecified atom stereocenters. The molecular weight excluding hydrogens is 278 g/mol. The first-order chi connectivity index (χ1) is 9.31. The quantitative estimate of drug-likeness (QED) is 0.887. The monoisotopic (exact) mass is 293 g/mol. The number of aromatic nitrogens is 1. The number of benzene rings is 1. The third-order valence-corrected chi connectivity index (χ3v) is 4.55. The molecule has 0 saturated heterocycles. The number of hydrogen-bond acceptors (Lipinski definition) is 5. The fourth-order valence-electron chi connectivity index (χ4n) is 1.62. The summed E-state index contributed by atoms with van der Waals surface area (Å²) in [6, 6.07) is 8.43. The molecule has 0 fully saturated rings. The van der Waals surface area contributed by atoms with Crippen molar-refractivity contribution in [1.29, 1.82) is 0 Å². The molecule has 1 heterocycles. The topological polar surface area (TPSA) is 102 Å². The van der Waals surface area contributed by atoms with E-state index in [4.69, 9.17) is 5.73 Å². The summed E-state index contributed by atoms with van der Waals surface area (Å²) >= 11 is 0. The van der Waals surface area contributed by atoms with Gasteiger partial charge in [0.2, 0.25) is 10.0 Å². The molecule has 1 amide bonds. The molecule has 6 nitrogen and oxygen atoms in total. The predicted octanol–water partition coefficient (Wildman–Crippen LogP) is 1.29. The summed E-state index contributed by atoms with van der Waals surface area (Å²) < 4.78 is 25.3. The summed E-state index contributed by atoms with van der Waals surface area (Å²) in [5, 5.41) is 0.0139. The van der Waals surface area contributed by atoms with E-state index in [1.54, 1.807) is 18.2 Å². The van der Waals surface area contributed by atoms with E-state index in [2.05, 4.69) is 4.98 Å². The number of hydrogen-bond donors (Lipinski definition) is 2. The molecule has 1 aromatic carbocycles. The number of nitrogens with two attached hydrogens (primary N) is 1. The van der Waals surface area contributed by atoms with Crippen molar-refractivity contribution in [3.63, 3.8) is 0 Å². The van der Waals surface area contributed by atoms with Gasteiger partial charge in [-0.1, -0.05) is 18.2 Å². The number of rotatable bonds is 3. The maximum atomic E-state index is 12.0. The van der Waals surface area contributed by atoms with Crippen LogP contribution in [0.1, 0.15) is 24.3 Å². The highest BCUT2D eigenvalue weighted by molar-refractivity contribution is 7.90. The molecule has 20 heavy (non-hydrogen) atoms. The van der Waals surface area contributed by atoms with Crippen LogP contribution in [0.5, 0.6) is 0 Å². The minimum Gasteiger partial charge on any atom is -0.398 e. The van der Waals surface area contributed by atoms with E-state index in [1.165, 1.54) is 19.9 Å². The number of anilines is 1. The second-order valence-corrected chi connectivity index (χ2v) is 6.88. The van der Waals surface area contributed by atoms with Crippen LogP contribution >= 0.6 is 0 Å². The molecule has 0 atom stereocenters. The van der Waals surface area contributed by atoms with Gasteiger partial charge in [0.25, 0.3) is 5.91 Å². The number of carbonyl (C=O) groups excluding carboxylic acids is 1. The third-order valence-electron chi connectivity index (χ3n) is 2.84. The molecule has 0 saturated carbocycles. The van der Waals surface area contributed by atoms with E-state index in [1.807, 2.05) is 10.8 Å². The van der Waals surface area contributed by atoms with Crippen LogP contribution in [-0.2, 0) is 10.0 Å². The fraction of sp³-hybridized carbons (Fsp3) is 0.231. The predicted molar refractivity (Wildman–Crippen MR) is 77.7 cm³/mol. The lowest BCUT2D eigenvalue weighted by atomic mass is 10.1. The summed E-state index contributed by atoms with van der Waals surface area (Å²) in [4.78, 5) is 16.1. The molecule has 2 rings (SSSR count). The van der Waals surface area contributed by atoms with Gasteiger partial charge < -0.3 is 5.73 Å². The minimum atomic E-state index is -3.69. The molecule has 7 heteroatoms. The Balaban J connectivity index is 2.41. The summed E-state index contributed by atoms with van der Waals surface area (Å²) in [6.45, 7) is 2.97. The number of sulfonamides is 1. The number of nitrogen functional groups attached to an aromatic ring is 1. The minimum absolute atomic E-state index is 0.0228. The maximum Gasteiger partial charge on any atom is 0.283 e. The summed E-state index contributed by atoms with van der Waals surface area (Å²) in [6.07, 6.45) is 0. The van der Waals surface area contributed by atoms with Gasteiger partial charge >= 0.3 is 0 Å². The van der Waals surface area contributed by atoms with Crippen LogP contribution in [0.25, 0.3) is 10.9 Å². The SMILES string of the molecule is CC(C)S(=O)(=O)NC(=O)c1cc(N)c2ccccc2n1. The summed E-state index contributed by atoms with van der Waals surface area (Å²) in [5.41, 5.74) is 6.74. The van der Waals surface area contributed by atoms with E-state index in [9.17, 15) is 13.2 Å². The smallest absolute Gasteiger partial charge is 0.283 e. The highest BCUT2D eigenvalue weighted by Gasteiger charge is 2.21. The zero-order chi connectivity index (χ0) is 14.9. The van der Waals surface area contributed by atoms with Gasteiger partial charge in [-0.05, 0) is 26.0 Å². The van der Waals surface area contributed by atoms with Gasteiger partial charge in [0.05, 0.1) is 10.8 Å². The second kappa shape index (κ2) is 5.09. The van der Waals surface area contributed by atoms with Crippen LogP contribution in [0.4, 0.5) is 5.69 Å². The Bertz CT molecular complexity index is 770. The Morgan fingerprint density at radius 2 is 1.95 bits per heavy atom. The lowest BCUT2D eigenvalue weighted by molar-refractivity contribution is 0.0976. The molecule has 0 aliphatic rings. The van der Waals surface area contributed by atoms with Crippen LogP contribution in [0.3, 0.4) is 0 Å². The lowest BCUT2D eigenvalue weighted by Crippen LogP contribution is -2.36. The van der Waals surface area contributed by atoms with Gasteiger partial charge in [-0.15, -0.1) is 0 Å². The maximum absolute atomic E-state index is 12.0. The van der Waals surface area contributed by atoms with E-state index in [0.717, 1.165) is 5.39 Å². The summed E-state index contributed by atoms with van der Waals surface area (Å²) in [7, 11) is -3.69. The zero-order valence-electron chi connectivity index (χ0n) is 11.1. The van der Waals surface area contributed by atoms with Crippen LogP contribution < -0.4 is 10.5 Å². The zero-order valence-corrected chi connectivity index (χ0v) is 11.9. The Morgan fingerprint density at radius 1 is 1.30 bits per heavy atom. The third kappa shape index (κ3) is 2.72. The van der Waals surface area contributed by atoms with Crippen molar-refractivity contribution in [2.24, 2.45) is 0 Å². The average molecular weight is 293 g/mol. The van der Waals surface area contributed by atoms with E-state index >= 15 is 0 Å². The average Bonchev–Trinajstić information content (AvgIpc) is 2.38. The number of para-hydroxylation sites is 1. The molecule has 0 radical (unpaired) electrons. The Kier molecular flexibility index (Phi) is 3.63. The Labute approximate surface area is 117 Å². The van der Waals surface area contributed by atoms with Crippen LogP contribution in [0.2, 0.25) is 0 Å². The molecule has 1 aromatic heterocycles. The standard InChI is InChI=1S/C13H15N3O3S/c1-8(2)20(18,19)16-13(17)12-7-10(14)9-5-3-4-6-11(9)15-12/h3-8H,1-2H3,(H2,14,15)(H,16,17). The van der Waals surface area contributed by atoms with E-state index in [-0.39, 0.29) is 5.69 Å². The molecule has 0 spiro atoms. The van der Waals surface area contributed by atoms with E-state index in [0.29, 0.717) is 11.2 Å². The van der Waals surface area contributed by atoms with Crippen molar-refractivity contribution >= 4 is 32.5 Å². The van der Waals surface area contributed by atoms with Crippen LogP contribution in [0.15, 0.2) is 30.3 Å². The molecule has 106 valence electrons. The molecule has 2 aromatic rings. The number of nitrogens with one attached hydrogen (secondary N) is 1. The van der Waals surface area contributed by atoms with Gasteiger partial charge in [-0.3, -0.25) is 4.79 Å². The highest BCUT2D eigenvalue weighted by Crippen LogP contribution is 2.20.